The first-order valence-corrected chi connectivity index (χ1v) is 4.47. The molecule has 0 spiro atoms. The monoisotopic (exact) mass is 264 g/mol. The summed E-state index contributed by atoms with van der Waals surface area (Å²) in [5, 5.41) is 0.783. The summed E-state index contributed by atoms with van der Waals surface area (Å²) in [6, 6.07) is 7.73. The Kier molecular flexibility index (Phi) is 3.22. The fourth-order valence-corrected chi connectivity index (χ4v) is 1.19. The van der Waals surface area contributed by atoms with Crippen molar-refractivity contribution in [3.8, 4) is 0 Å². The SMILES string of the molecule is Clc1ccc(/C=C\I)cc1. The molecule has 0 atom stereocenters. The number of benzene rings is 1. The molecular formula is C8H6ClI. The van der Waals surface area contributed by atoms with E-state index in [-0.39, 0.29) is 0 Å². The summed E-state index contributed by atoms with van der Waals surface area (Å²) in [5.41, 5.74) is 1.18. The van der Waals surface area contributed by atoms with Gasteiger partial charge in [-0.15, -0.1) is 0 Å². The van der Waals surface area contributed by atoms with Gasteiger partial charge in [0, 0.05) is 5.02 Å². The van der Waals surface area contributed by atoms with Crippen molar-refractivity contribution >= 4 is 40.3 Å². The first kappa shape index (κ1) is 8.08. The average molecular weight is 264 g/mol. The lowest BCUT2D eigenvalue weighted by molar-refractivity contribution is 1.66. The van der Waals surface area contributed by atoms with Crippen LogP contribution in [0.15, 0.2) is 28.3 Å². The zero-order valence-electron chi connectivity index (χ0n) is 5.22. The molecule has 2 heteroatoms. The van der Waals surface area contributed by atoms with Gasteiger partial charge in [-0.3, -0.25) is 0 Å². The van der Waals surface area contributed by atoms with Gasteiger partial charge in [0.05, 0.1) is 0 Å². The second-order valence-electron chi connectivity index (χ2n) is 1.84. The molecule has 0 N–H and O–H groups in total. The Morgan fingerprint density at radius 2 is 1.80 bits per heavy atom. The van der Waals surface area contributed by atoms with Gasteiger partial charge in [-0.05, 0) is 27.9 Å². The summed E-state index contributed by atoms with van der Waals surface area (Å²) < 4.78 is 1.97. The van der Waals surface area contributed by atoms with E-state index in [4.69, 9.17) is 11.6 Å². The minimum Gasteiger partial charge on any atom is -0.0843 e. The van der Waals surface area contributed by atoms with Gasteiger partial charge in [0.15, 0.2) is 0 Å². The lowest BCUT2D eigenvalue weighted by atomic mass is 10.2. The fourth-order valence-electron chi connectivity index (χ4n) is 0.647. The molecule has 0 aliphatic heterocycles. The Balaban J connectivity index is 2.89. The van der Waals surface area contributed by atoms with Gasteiger partial charge in [0.2, 0.25) is 0 Å². The van der Waals surface area contributed by atoms with Gasteiger partial charge in [0.1, 0.15) is 0 Å². The van der Waals surface area contributed by atoms with Crippen LogP contribution in [0, 0.1) is 0 Å². The van der Waals surface area contributed by atoms with Crippen LogP contribution in [0.3, 0.4) is 0 Å². The van der Waals surface area contributed by atoms with E-state index in [2.05, 4.69) is 22.6 Å². The molecule has 0 saturated heterocycles. The maximum atomic E-state index is 5.69. The van der Waals surface area contributed by atoms with E-state index in [9.17, 15) is 0 Å². The molecule has 1 aromatic rings. The summed E-state index contributed by atoms with van der Waals surface area (Å²) in [7, 11) is 0. The van der Waals surface area contributed by atoms with Crippen LogP contribution in [-0.2, 0) is 0 Å². The number of hydrogen-bond acceptors (Lipinski definition) is 0. The van der Waals surface area contributed by atoms with Crippen molar-refractivity contribution in [2.24, 2.45) is 0 Å². The van der Waals surface area contributed by atoms with Crippen molar-refractivity contribution in [1.29, 1.82) is 0 Å². The number of hydrogen-bond donors (Lipinski definition) is 0. The Labute approximate surface area is 79.0 Å². The normalized spacial score (nSPS) is 10.6. The lowest BCUT2D eigenvalue weighted by Crippen LogP contribution is -1.67. The Bertz CT molecular complexity index is 226. The maximum Gasteiger partial charge on any atom is 0.0406 e. The predicted molar refractivity (Wildman–Crippen MR) is 54.5 cm³/mol. The van der Waals surface area contributed by atoms with Gasteiger partial charge in [-0.25, -0.2) is 0 Å². The third-order valence-corrected chi connectivity index (χ3v) is 1.74. The van der Waals surface area contributed by atoms with E-state index in [1.165, 1.54) is 5.56 Å². The summed E-state index contributed by atoms with van der Waals surface area (Å²) in [4.78, 5) is 0. The molecule has 0 aliphatic carbocycles. The molecule has 0 nitrogen and oxygen atoms in total. The molecule has 1 rings (SSSR count). The first-order valence-electron chi connectivity index (χ1n) is 2.85. The van der Waals surface area contributed by atoms with Crippen molar-refractivity contribution in [2.45, 2.75) is 0 Å². The highest BCUT2D eigenvalue weighted by Crippen LogP contribution is 2.10. The molecule has 0 aliphatic rings. The molecular weight excluding hydrogens is 258 g/mol. The predicted octanol–water partition coefficient (Wildman–Crippen LogP) is 3.75. The molecule has 0 unspecified atom stereocenters. The van der Waals surface area contributed by atoms with E-state index in [0.717, 1.165) is 5.02 Å². The molecule has 52 valence electrons. The van der Waals surface area contributed by atoms with Gasteiger partial charge in [0.25, 0.3) is 0 Å². The minimum atomic E-state index is 0.783. The summed E-state index contributed by atoms with van der Waals surface area (Å²) in [6.45, 7) is 0. The highest BCUT2D eigenvalue weighted by molar-refractivity contribution is 14.1. The molecule has 0 bridgehead atoms. The van der Waals surface area contributed by atoms with Gasteiger partial charge in [-0.2, -0.15) is 0 Å². The third-order valence-electron chi connectivity index (χ3n) is 1.13. The Morgan fingerprint density at radius 1 is 1.20 bits per heavy atom. The molecule has 0 aromatic heterocycles. The fraction of sp³-hybridized carbons (Fsp3) is 0. The van der Waals surface area contributed by atoms with E-state index < -0.39 is 0 Å². The average Bonchev–Trinajstić information content (AvgIpc) is 1.95. The quantitative estimate of drug-likeness (QED) is 0.678. The van der Waals surface area contributed by atoms with Crippen LogP contribution < -0.4 is 0 Å². The van der Waals surface area contributed by atoms with Crippen LogP contribution in [0.5, 0.6) is 0 Å². The van der Waals surface area contributed by atoms with Crippen molar-refractivity contribution in [3.05, 3.63) is 38.9 Å². The summed E-state index contributed by atoms with van der Waals surface area (Å²) >= 11 is 7.87. The summed E-state index contributed by atoms with van der Waals surface area (Å²) in [5.74, 6) is 0. The Hall–Kier alpha value is -0.0200. The van der Waals surface area contributed by atoms with E-state index >= 15 is 0 Å². The van der Waals surface area contributed by atoms with Gasteiger partial charge >= 0.3 is 0 Å². The second-order valence-corrected chi connectivity index (χ2v) is 3.00. The first-order chi connectivity index (χ1) is 4.83. The molecule has 0 fully saturated rings. The summed E-state index contributed by atoms with van der Waals surface area (Å²) in [6.07, 6.45) is 2.02. The van der Waals surface area contributed by atoms with E-state index in [1.807, 2.05) is 34.4 Å². The molecule has 0 amide bonds. The van der Waals surface area contributed by atoms with Crippen LogP contribution in [0.4, 0.5) is 0 Å². The molecule has 0 radical (unpaired) electrons. The van der Waals surface area contributed by atoms with Crippen LogP contribution in [0.25, 0.3) is 6.08 Å². The lowest BCUT2D eigenvalue weighted by Gasteiger charge is -1.90. The minimum absolute atomic E-state index is 0.783. The van der Waals surface area contributed by atoms with Gasteiger partial charge < -0.3 is 0 Å². The molecule has 0 heterocycles. The van der Waals surface area contributed by atoms with Crippen molar-refractivity contribution in [2.75, 3.05) is 0 Å². The zero-order chi connectivity index (χ0) is 7.40. The topological polar surface area (TPSA) is 0 Å². The maximum absolute atomic E-state index is 5.69. The Morgan fingerprint density at radius 3 is 2.30 bits per heavy atom. The smallest absolute Gasteiger partial charge is 0.0406 e. The largest absolute Gasteiger partial charge is 0.0843 e. The highest BCUT2D eigenvalue weighted by Gasteiger charge is 1.85. The van der Waals surface area contributed by atoms with E-state index in [0.29, 0.717) is 0 Å². The van der Waals surface area contributed by atoms with E-state index in [1.54, 1.807) is 0 Å². The van der Waals surface area contributed by atoms with Crippen molar-refractivity contribution < 1.29 is 0 Å². The van der Waals surface area contributed by atoms with Crippen molar-refractivity contribution in [3.63, 3.8) is 0 Å². The van der Waals surface area contributed by atoms with Crippen molar-refractivity contribution in [1.82, 2.24) is 0 Å². The van der Waals surface area contributed by atoms with Gasteiger partial charge in [-0.1, -0.05) is 46.3 Å². The molecule has 10 heavy (non-hydrogen) atoms. The molecule has 1 aromatic carbocycles. The van der Waals surface area contributed by atoms with Crippen LogP contribution >= 0.6 is 34.2 Å². The number of halogens is 2. The second kappa shape index (κ2) is 3.98. The van der Waals surface area contributed by atoms with Crippen LogP contribution in [0.1, 0.15) is 5.56 Å². The highest BCUT2D eigenvalue weighted by atomic mass is 127. The van der Waals surface area contributed by atoms with Crippen LogP contribution in [0.2, 0.25) is 5.02 Å². The third kappa shape index (κ3) is 2.31. The standard InChI is InChI=1S/C8H6ClI/c9-8-3-1-7(2-4-8)5-6-10/h1-6H/b6-5-. The number of rotatable bonds is 1. The molecule has 0 saturated carbocycles. The van der Waals surface area contributed by atoms with Crippen LogP contribution in [-0.4, -0.2) is 0 Å². The zero-order valence-corrected chi connectivity index (χ0v) is 8.13.